The van der Waals surface area contributed by atoms with E-state index in [2.05, 4.69) is 0 Å². The lowest BCUT2D eigenvalue weighted by Gasteiger charge is -2.28. The number of Topliss-reactive ketones (excluding diaryl/α,β-unsaturated/α-hetero) is 1. The van der Waals surface area contributed by atoms with Gasteiger partial charge in [-0.1, -0.05) is 6.07 Å². The molecular weight excluding hydrogens is 466 g/mol. The van der Waals surface area contributed by atoms with Gasteiger partial charge in [0.15, 0.2) is 23.0 Å². The van der Waals surface area contributed by atoms with E-state index in [0.717, 1.165) is 5.56 Å². The van der Waals surface area contributed by atoms with Crippen molar-refractivity contribution in [2.24, 2.45) is 0 Å². The van der Waals surface area contributed by atoms with E-state index >= 15 is 0 Å². The van der Waals surface area contributed by atoms with Gasteiger partial charge in [-0.05, 0) is 54.4 Å². The van der Waals surface area contributed by atoms with Crippen LogP contribution >= 0.6 is 0 Å². The number of benzene rings is 2. The maximum absolute atomic E-state index is 13.4. The fraction of sp³-hybridized carbons (Fsp3) is 0.259. The Kier molecular flexibility index (Phi) is 7.19. The van der Waals surface area contributed by atoms with Crippen LogP contribution in [0, 0.1) is 0 Å². The van der Waals surface area contributed by atoms with Crippen LogP contribution in [0.4, 0.5) is 0 Å². The summed E-state index contributed by atoms with van der Waals surface area (Å²) in [5, 5.41) is 10.9. The number of ketones is 1. The number of ether oxygens (including phenoxy) is 4. The third-order valence-electron chi connectivity index (χ3n) is 6.11. The Balaban J connectivity index is 1.76. The van der Waals surface area contributed by atoms with Gasteiger partial charge in [0.05, 0.1) is 46.3 Å². The number of hydrogen-bond donors (Lipinski definition) is 1. The Morgan fingerprint density at radius 3 is 2.31 bits per heavy atom. The second-order valence-electron chi connectivity index (χ2n) is 8.02. The van der Waals surface area contributed by atoms with Crippen LogP contribution < -0.4 is 18.9 Å². The average molecular weight is 494 g/mol. The Bertz CT molecular complexity index is 1300. The van der Waals surface area contributed by atoms with Gasteiger partial charge in [0, 0.05) is 12.1 Å². The summed E-state index contributed by atoms with van der Waals surface area (Å²) in [4.78, 5) is 28.1. The molecule has 0 unspecified atom stereocenters. The molecule has 1 amide bonds. The second kappa shape index (κ2) is 10.5. The molecule has 36 heavy (non-hydrogen) atoms. The first-order valence-electron chi connectivity index (χ1n) is 11.2. The van der Waals surface area contributed by atoms with E-state index in [1.807, 2.05) is 12.1 Å². The summed E-state index contributed by atoms with van der Waals surface area (Å²) >= 11 is 0. The maximum Gasteiger partial charge on any atom is 0.290 e. The van der Waals surface area contributed by atoms with Gasteiger partial charge >= 0.3 is 0 Å². The minimum atomic E-state index is -0.930. The highest BCUT2D eigenvalue weighted by molar-refractivity contribution is 6.15. The number of furan rings is 1. The van der Waals surface area contributed by atoms with Crippen molar-refractivity contribution < 1.29 is 38.1 Å². The van der Waals surface area contributed by atoms with Crippen LogP contribution in [-0.2, 0) is 11.2 Å². The molecule has 9 heteroatoms. The van der Waals surface area contributed by atoms with E-state index in [4.69, 9.17) is 23.4 Å². The van der Waals surface area contributed by atoms with Gasteiger partial charge in [-0.15, -0.1) is 0 Å². The van der Waals surface area contributed by atoms with Crippen molar-refractivity contribution >= 4 is 11.7 Å². The first kappa shape index (κ1) is 24.7. The summed E-state index contributed by atoms with van der Waals surface area (Å²) in [7, 11) is 6.11. The number of amides is 1. The quantitative estimate of drug-likeness (QED) is 0.420. The highest BCUT2D eigenvalue weighted by atomic mass is 16.5. The molecule has 0 saturated carbocycles. The largest absolute Gasteiger partial charge is 0.503 e. The minimum Gasteiger partial charge on any atom is -0.503 e. The third kappa shape index (κ3) is 4.47. The van der Waals surface area contributed by atoms with Gasteiger partial charge in [-0.25, -0.2) is 0 Å². The highest BCUT2D eigenvalue weighted by Crippen LogP contribution is 2.43. The van der Waals surface area contributed by atoms with Gasteiger partial charge in [0.25, 0.3) is 5.91 Å². The van der Waals surface area contributed by atoms with Crippen LogP contribution in [0.3, 0.4) is 0 Å². The van der Waals surface area contributed by atoms with E-state index in [-0.39, 0.29) is 17.9 Å². The number of aliphatic hydroxyl groups is 1. The molecule has 2 heterocycles. The van der Waals surface area contributed by atoms with E-state index in [0.29, 0.717) is 35.0 Å². The molecule has 1 aliphatic rings. The van der Waals surface area contributed by atoms with Gasteiger partial charge in [-0.3, -0.25) is 9.59 Å². The molecule has 0 aliphatic carbocycles. The van der Waals surface area contributed by atoms with Crippen molar-refractivity contribution in [2.45, 2.75) is 12.5 Å². The molecule has 1 N–H and O–H groups in total. The molecule has 2 aromatic carbocycles. The van der Waals surface area contributed by atoms with Gasteiger partial charge < -0.3 is 33.4 Å². The Hall–Kier alpha value is -4.40. The van der Waals surface area contributed by atoms with Crippen LogP contribution in [0.5, 0.6) is 23.0 Å². The lowest BCUT2D eigenvalue weighted by molar-refractivity contribution is -0.129. The number of hydrogen-bond acceptors (Lipinski definition) is 8. The fourth-order valence-electron chi connectivity index (χ4n) is 4.32. The summed E-state index contributed by atoms with van der Waals surface area (Å²) in [6, 6.07) is 12.7. The first-order valence-corrected chi connectivity index (χ1v) is 11.2. The molecule has 188 valence electrons. The fourth-order valence-corrected chi connectivity index (χ4v) is 4.32. The van der Waals surface area contributed by atoms with Crippen molar-refractivity contribution in [1.29, 1.82) is 0 Å². The molecule has 4 rings (SSSR count). The van der Waals surface area contributed by atoms with E-state index in [9.17, 15) is 14.7 Å². The molecule has 9 nitrogen and oxygen atoms in total. The van der Waals surface area contributed by atoms with E-state index < -0.39 is 23.5 Å². The molecule has 0 spiro atoms. The number of rotatable bonds is 10. The molecule has 1 aliphatic heterocycles. The van der Waals surface area contributed by atoms with Crippen LogP contribution in [0.25, 0.3) is 0 Å². The van der Waals surface area contributed by atoms with Crippen molar-refractivity contribution in [2.75, 3.05) is 35.0 Å². The maximum atomic E-state index is 13.4. The van der Waals surface area contributed by atoms with Gasteiger partial charge in [0.1, 0.15) is 11.5 Å². The second-order valence-corrected chi connectivity index (χ2v) is 8.02. The van der Waals surface area contributed by atoms with Crippen molar-refractivity contribution in [3.8, 4) is 23.0 Å². The summed E-state index contributed by atoms with van der Waals surface area (Å²) < 4.78 is 26.9. The highest BCUT2D eigenvalue weighted by Gasteiger charge is 2.45. The normalized spacial score (nSPS) is 15.3. The summed E-state index contributed by atoms with van der Waals surface area (Å²) in [6.07, 6.45) is 1.78. The monoisotopic (exact) mass is 493 g/mol. The van der Waals surface area contributed by atoms with Crippen molar-refractivity contribution in [3.63, 3.8) is 0 Å². The number of methoxy groups -OCH3 is 4. The number of aliphatic hydroxyl groups excluding tert-OH is 1. The summed E-state index contributed by atoms with van der Waals surface area (Å²) in [5.41, 5.74) is 1.28. The predicted octanol–water partition coefficient (Wildman–Crippen LogP) is 4.14. The topological polar surface area (TPSA) is 108 Å². The van der Waals surface area contributed by atoms with Crippen LogP contribution in [-0.4, -0.2) is 56.7 Å². The Morgan fingerprint density at radius 1 is 0.944 bits per heavy atom. The molecule has 1 atom stereocenters. The van der Waals surface area contributed by atoms with Crippen molar-refractivity contribution in [1.82, 2.24) is 4.90 Å². The molecule has 1 aromatic heterocycles. The van der Waals surface area contributed by atoms with Crippen LogP contribution in [0.2, 0.25) is 0 Å². The van der Waals surface area contributed by atoms with E-state index in [1.54, 1.807) is 44.6 Å². The van der Waals surface area contributed by atoms with Crippen molar-refractivity contribution in [3.05, 3.63) is 83.0 Å². The van der Waals surface area contributed by atoms with E-state index in [1.165, 1.54) is 31.4 Å². The zero-order valence-electron chi connectivity index (χ0n) is 20.4. The van der Waals surface area contributed by atoms with Gasteiger partial charge in [-0.2, -0.15) is 0 Å². The Labute approximate surface area is 208 Å². The number of carbonyl (C=O) groups is 2. The first-order chi connectivity index (χ1) is 17.4. The van der Waals surface area contributed by atoms with Gasteiger partial charge in [0.2, 0.25) is 5.78 Å². The average Bonchev–Trinajstić information content (AvgIpc) is 3.54. The zero-order chi connectivity index (χ0) is 25.8. The zero-order valence-corrected chi connectivity index (χ0v) is 20.4. The molecule has 3 aromatic rings. The molecule has 0 radical (unpaired) electrons. The summed E-state index contributed by atoms with van der Waals surface area (Å²) in [6.45, 7) is 0.193. The number of carbonyl (C=O) groups excluding carboxylic acids is 2. The minimum absolute atomic E-state index is 0.0120. The molecule has 0 fully saturated rings. The molecule has 0 bridgehead atoms. The number of nitrogens with zero attached hydrogens (tertiary/aromatic N) is 1. The Morgan fingerprint density at radius 2 is 1.67 bits per heavy atom. The lowest BCUT2D eigenvalue weighted by Crippen LogP contribution is -2.33. The van der Waals surface area contributed by atoms with Crippen LogP contribution in [0.15, 0.2) is 70.5 Å². The van der Waals surface area contributed by atoms with Crippen LogP contribution in [0.1, 0.15) is 27.7 Å². The summed E-state index contributed by atoms with van der Waals surface area (Å²) in [5.74, 6) is 0.219. The third-order valence-corrected chi connectivity index (χ3v) is 6.11. The lowest BCUT2D eigenvalue weighted by atomic mass is 9.94. The molecule has 0 saturated heterocycles. The SMILES string of the molecule is COc1ccc(OC)c([C@H]2C(C(=O)c3ccco3)=C(O)C(=O)N2CCc2ccc(OC)c(OC)c2)c1. The standard InChI is InChI=1S/C27H27NO8/c1-32-17-8-10-19(33-2)18(15-17)24-23(25(29)21-6-5-13-36-21)26(30)27(31)28(24)12-11-16-7-9-20(34-3)22(14-16)35-4/h5-10,13-15,24,30H,11-12H2,1-4H3/t24-/m0/s1. The molecular formula is C27H27NO8. The predicted molar refractivity (Wildman–Crippen MR) is 130 cm³/mol. The smallest absolute Gasteiger partial charge is 0.290 e.